The second-order valence-electron chi connectivity index (χ2n) is 6.97. The highest BCUT2D eigenvalue weighted by atomic mass is 32.2. The molecule has 0 saturated heterocycles. The maximum absolute atomic E-state index is 12.5. The third-order valence-electron chi connectivity index (χ3n) is 3.89. The molecule has 0 unspecified atom stereocenters. The number of aryl methyl sites for hydroxylation is 1. The summed E-state index contributed by atoms with van der Waals surface area (Å²) in [5.74, 6) is 0. The average molecular weight is 343 g/mol. The van der Waals surface area contributed by atoms with Crippen LogP contribution in [0.1, 0.15) is 31.9 Å². The van der Waals surface area contributed by atoms with Crippen molar-refractivity contribution in [3.8, 4) is 0 Å². The van der Waals surface area contributed by atoms with Gasteiger partial charge in [0.2, 0.25) is 10.0 Å². The predicted molar refractivity (Wildman–Crippen MR) is 100 cm³/mol. The van der Waals surface area contributed by atoms with Gasteiger partial charge in [0.15, 0.2) is 0 Å². The van der Waals surface area contributed by atoms with E-state index in [4.69, 9.17) is 0 Å². The SMILES string of the molecule is Cc1ccc(S(=O)(=O)NC/C(=C\c2ccccc2)C(C)(C)C)cc1. The van der Waals surface area contributed by atoms with Crippen LogP contribution in [0.2, 0.25) is 0 Å². The molecular weight excluding hydrogens is 318 g/mol. The van der Waals surface area contributed by atoms with Crippen LogP contribution in [-0.2, 0) is 10.0 Å². The van der Waals surface area contributed by atoms with Gasteiger partial charge in [-0.1, -0.05) is 74.9 Å². The third-order valence-corrected chi connectivity index (χ3v) is 5.30. The van der Waals surface area contributed by atoms with Gasteiger partial charge >= 0.3 is 0 Å². The molecule has 0 heterocycles. The van der Waals surface area contributed by atoms with E-state index < -0.39 is 10.0 Å². The van der Waals surface area contributed by atoms with Crippen molar-refractivity contribution in [1.29, 1.82) is 0 Å². The molecule has 0 bridgehead atoms. The van der Waals surface area contributed by atoms with Crippen molar-refractivity contribution >= 4 is 16.1 Å². The molecule has 0 atom stereocenters. The predicted octanol–water partition coefficient (Wildman–Crippen LogP) is 4.40. The van der Waals surface area contributed by atoms with Gasteiger partial charge in [0.05, 0.1) is 4.90 Å². The summed E-state index contributed by atoms with van der Waals surface area (Å²) in [5.41, 5.74) is 3.00. The molecule has 0 aliphatic rings. The summed E-state index contributed by atoms with van der Waals surface area (Å²) >= 11 is 0. The lowest BCUT2D eigenvalue weighted by Crippen LogP contribution is -2.29. The minimum absolute atomic E-state index is 0.133. The van der Waals surface area contributed by atoms with Crippen LogP contribution < -0.4 is 4.72 Å². The van der Waals surface area contributed by atoms with Gasteiger partial charge in [-0.3, -0.25) is 0 Å². The lowest BCUT2D eigenvalue weighted by Gasteiger charge is -2.24. The minimum Gasteiger partial charge on any atom is -0.207 e. The summed E-state index contributed by atoms with van der Waals surface area (Å²) in [7, 11) is -3.52. The molecule has 0 saturated carbocycles. The molecule has 3 nitrogen and oxygen atoms in total. The lowest BCUT2D eigenvalue weighted by atomic mass is 9.85. The van der Waals surface area contributed by atoms with Gasteiger partial charge in [0, 0.05) is 6.54 Å². The molecule has 0 spiro atoms. The summed E-state index contributed by atoms with van der Waals surface area (Å²) in [6, 6.07) is 16.8. The lowest BCUT2D eigenvalue weighted by molar-refractivity contribution is 0.492. The molecule has 0 amide bonds. The number of nitrogens with one attached hydrogen (secondary N) is 1. The highest BCUT2D eigenvalue weighted by molar-refractivity contribution is 7.89. The van der Waals surface area contributed by atoms with Crippen molar-refractivity contribution < 1.29 is 8.42 Å². The van der Waals surface area contributed by atoms with Crippen molar-refractivity contribution in [2.45, 2.75) is 32.6 Å². The van der Waals surface area contributed by atoms with E-state index in [0.29, 0.717) is 4.90 Å². The molecule has 0 aliphatic heterocycles. The van der Waals surface area contributed by atoms with E-state index in [0.717, 1.165) is 16.7 Å². The van der Waals surface area contributed by atoms with Gasteiger partial charge in [-0.25, -0.2) is 13.1 Å². The maximum Gasteiger partial charge on any atom is 0.240 e. The molecule has 0 fully saturated rings. The van der Waals surface area contributed by atoms with Crippen LogP contribution in [0.3, 0.4) is 0 Å². The molecule has 4 heteroatoms. The third kappa shape index (κ3) is 5.05. The Kier molecular flexibility index (Phi) is 5.62. The first-order chi connectivity index (χ1) is 11.2. The first-order valence-electron chi connectivity index (χ1n) is 8.01. The Balaban J connectivity index is 2.22. The molecule has 2 aromatic rings. The maximum atomic E-state index is 12.5. The quantitative estimate of drug-likeness (QED) is 0.874. The highest BCUT2D eigenvalue weighted by Gasteiger charge is 2.20. The Morgan fingerprint density at radius 2 is 1.58 bits per heavy atom. The van der Waals surface area contributed by atoms with Crippen LogP contribution in [-0.4, -0.2) is 15.0 Å². The summed E-state index contributed by atoms with van der Waals surface area (Å²) < 4.78 is 27.7. The van der Waals surface area contributed by atoms with E-state index in [1.54, 1.807) is 24.3 Å². The van der Waals surface area contributed by atoms with Gasteiger partial charge in [0.25, 0.3) is 0 Å². The number of hydrogen-bond acceptors (Lipinski definition) is 2. The number of rotatable bonds is 5. The van der Waals surface area contributed by atoms with Crippen LogP contribution in [0.15, 0.2) is 65.1 Å². The fourth-order valence-corrected chi connectivity index (χ4v) is 3.26. The van der Waals surface area contributed by atoms with Crippen molar-refractivity contribution in [3.63, 3.8) is 0 Å². The van der Waals surface area contributed by atoms with Gasteiger partial charge in [-0.15, -0.1) is 0 Å². The molecular formula is C20H25NO2S. The van der Waals surface area contributed by atoms with Crippen LogP contribution >= 0.6 is 0 Å². The summed E-state index contributed by atoms with van der Waals surface area (Å²) in [4.78, 5) is 0.293. The molecule has 0 aromatic heterocycles. The van der Waals surface area contributed by atoms with Crippen LogP contribution in [0.25, 0.3) is 6.08 Å². The Bertz CT molecular complexity index is 799. The fourth-order valence-electron chi connectivity index (χ4n) is 2.26. The molecule has 0 aliphatic carbocycles. The van der Waals surface area contributed by atoms with Crippen molar-refractivity contribution in [2.75, 3.05) is 6.54 Å². The Morgan fingerprint density at radius 3 is 2.12 bits per heavy atom. The van der Waals surface area contributed by atoms with Crippen LogP contribution in [0, 0.1) is 12.3 Å². The largest absolute Gasteiger partial charge is 0.240 e. The Hall–Kier alpha value is -1.91. The second kappa shape index (κ2) is 7.32. The fraction of sp³-hybridized carbons (Fsp3) is 0.300. The van der Waals surface area contributed by atoms with E-state index in [2.05, 4.69) is 31.6 Å². The first-order valence-corrected chi connectivity index (χ1v) is 9.49. The molecule has 0 radical (unpaired) electrons. The van der Waals surface area contributed by atoms with E-state index in [-0.39, 0.29) is 12.0 Å². The van der Waals surface area contributed by atoms with E-state index in [1.165, 1.54) is 0 Å². The zero-order valence-corrected chi connectivity index (χ0v) is 15.5. The second-order valence-corrected chi connectivity index (χ2v) is 8.73. The molecule has 128 valence electrons. The molecule has 2 aromatic carbocycles. The Morgan fingerprint density at radius 1 is 1.00 bits per heavy atom. The van der Waals surface area contributed by atoms with Crippen molar-refractivity contribution in [2.24, 2.45) is 5.41 Å². The molecule has 1 N–H and O–H groups in total. The standard InChI is InChI=1S/C20H25NO2S/c1-16-10-12-19(13-11-16)24(22,23)21-15-18(20(2,3)4)14-17-8-6-5-7-9-17/h5-14,21H,15H2,1-4H3/b18-14+. The average Bonchev–Trinajstić information content (AvgIpc) is 2.52. The van der Waals surface area contributed by atoms with Crippen LogP contribution in [0.5, 0.6) is 0 Å². The monoisotopic (exact) mass is 343 g/mol. The van der Waals surface area contributed by atoms with E-state index in [9.17, 15) is 8.42 Å². The topological polar surface area (TPSA) is 46.2 Å². The summed E-state index contributed by atoms with van der Waals surface area (Å²) in [6.07, 6.45) is 2.05. The normalized spacial score (nSPS) is 13.1. The minimum atomic E-state index is -3.52. The number of hydrogen-bond donors (Lipinski definition) is 1. The zero-order valence-electron chi connectivity index (χ0n) is 14.7. The van der Waals surface area contributed by atoms with Crippen molar-refractivity contribution in [1.82, 2.24) is 4.72 Å². The number of sulfonamides is 1. The van der Waals surface area contributed by atoms with Crippen molar-refractivity contribution in [3.05, 3.63) is 71.3 Å². The summed E-state index contributed by atoms with van der Waals surface area (Å²) in [6.45, 7) is 8.48. The first kappa shape index (κ1) is 18.4. The number of benzene rings is 2. The van der Waals surface area contributed by atoms with Gasteiger partial charge in [0.1, 0.15) is 0 Å². The van der Waals surface area contributed by atoms with Gasteiger partial charge in [-0.05, 0) is 35.6 Å². The zero-order chi connectivity index (χ0) is 17.8. The smallest absolute Gasteiger partial charge is 0.207 e. The molecule has 2 rings (SSSR count). The van der Waals surface area contributed by atoms with E-state index >= 15 is 0 Å². The van der Waals surface area contributed by atoms with Gasteiger partial charge < -0.3 is 0 Å². The summed E-state index contributed by atoms with van der Waals surface area (Å²) in [5, 5.41) is 0. The van der Waals surface area contributed by atoms with Gasteiger partial charge in [-0.2, -0.15) is 0 Å². The Labute approximate surface area is 145 Å². The van der Waals surface area contributed by atoms with Crippen LogP contribution in [0.4, 0.5) is 0 Å². The van der Waals surface area contributed by atoms with E-state index in [1.807, 2.05) is 37.3 Å². The molecule has 24 heavy (non-hydrogen) atoms. The highest BCUT2D eigenvalue weighted by Crippen LogP contribution is 2.27.